The van der Waals surface area contributed by atoms with Gasteiger partial charge in [-0.1, -0.05) is 35.4 Å². The van der Waals surface area contributed by atoms with Crippen LogP contribution in [0.4, 0.5) is 0 Å². The SMILES string of the molecule is COC(=O)C(CCn1c(Cl)ccc1C(=O)c1cccc(C)c1)C(=O)OC. The number of aryl methyl sites for hydroxylation is 1. The lowest BCUT2D eigenvalue weighted by atomic mass is 10.0. The van der Waals surface area contributed by atoms with Gasteiger partial charge in [0.25, 0.3) is 0 Å². The number of ether oxygens (including phenoxy) is 2. The number of carbonyl (C=O) groups excluding carboxylic acids is 3. The molecule has 0 saturated carbocycles. The van der Waals surface area contributed by atoms with Crippen molar-refractivity contribution in [1.29, 1.82) is 0 Å². The number of ketones is 1. The number of halogens is 1. The molecule has 2 aromatic rings. The highest BCUT2D eigenvalue weighted by molar-refractivity contribution is 6.30. The second-order valence-corrected chi connectivity index (χ2v) is 6.17. The second kappa shape index (κ2) is 8.67. The molecule has 7 heteroatoms. The van der Waals surface area contributed by atoms with Gasteiger partial charge in [0.1, 0.15) is 5.15 Å². The van der Waals surface area contributed by atoms with Gasteiger partial charge in [0.05, 0.1) is 19.9 Å². The van der Waals surface area contributed by atoms with Gasteiger partial charge in [-0.2, -0.15) is 0 Å². The molecule has 0 unspecified atom stereocenters. The number of benzene rings is 1. The molecule has 0 radical (unpaired) electrons. The van der Waals surface area contributed by atoms with Crippen molar-refractivity contribution in [3.63, 3.8) is 0 Å². The van der Waals surface area contributed by atoms with Crippen LogP contribution >= 0.6 is 11.6 Å². The molecule has 0 bridgehead atoms. The molecule has 6 nitrogen and oxygen atoms in total. The van der Waals surface area contributed by atoms with Crippen LogP contribution in [0.3, 0.4) is 0 Å². The third-order valence-corrected chi connectivity index (χ3v) is 4.38. The molecule has 0 aliphatic rings. The average Bonchev–Trinajstić information content (AvgIpc) is 3.01. The lowest BCUT2D eigenvalue weighted by Crippen LogP contribution is -2.28. The Bertz CT molecular complexity index is 811. The van der Waals surface area contributed by atoms with Crippen molar-refractivity contribution in [1.82, 2.24) is 4.57 Å². The van der Waals surface area contributed by atoms with Gasteiger partial charge in [0, 0.05) is 12.1 Å². The lowest BCUT2D eigenvalue weighted by molar-refractivity contribution is -0.159. The Kier molecular flexibility index (Phi) is 6.58. The van der Waals surface area contributed by atoms with Crippen LogP contribution in [0.15, 0.2) is 36.4 Å². The Morgan fingerprint density at radius 2 is 1.73 bits per heavy atom. The van der Waals surface area contributed by atoms with E-state index in [0.29, 0.717) is 16.4 Å². The van der Waals surface area contributed by atoms with Crippen LogP contribution in [0.25, 0.3) is 0 Å². The number of rotatable bonds is 7. The molecular formula is C19H20ClNO5. The Hall–Kier alpha value is -2.60. The minimum atomic E-state index is -1.08. The van der Waals surface area contributed by atoms with E-state index in [1.54, 1.807) is 28.8 Å². The maximum atomic E-state index is 12.8. The Morgan fingerprint density at radius 1 is 1.08 bits per heavy atom. The van der Waals surface area contributed by atoms with Crippen LogP contribution in [0.1, 0.15) is 28.0 Å². The predicted octanol–water partition coefficient (Wildman–Crippen LogP) is 3.03. The number of hydrogen-bond acceptors (Lipinski definition) is 5. The summed E-state index contributed by atoms with van der Waals surface area (Å²) < 4.78 is 10.9. The maximum absolute atomic E-state index is 12.8. The van der Waals surface area contributed by atoms with E-state index in [1.807, 2.05) is 19.1 Å². The van der Waals surface area contributed by atoms with Crippen LogP contribution in [0, 0.1) is 12.8 Å². The van der Waals surface area contributed by atoms with Gasteiger partial charge in [-0.3, -0.25) is 14.4 Å². The van der Waals surface area contributed by atoms with E-state index in [-0.39, 0.29) is 18.7 Å². The molecule has 138 valence electrons. The first kappa shape index (κ1) is 19.7. The van der Waals surface area contributed by atoms with Crippen molar-refractivity contribution < 1.29 is 23.9 Å². The molecule has 0 aliphatic carbocycles. The van der Waals surface area contributed by atoms with E-state index < -0.39 is 17.9 Å². The fourth-order valence-corrected chi connectivity index (χ4v) is 2.92. The van der Waals surface area contributed by atoms with E-state index in [4.69, 9.17) is 11.6 Å². The standard InChI is InChI=1S/C19H20ClNO5/c1-12-5-4-6-13(11-12)17(22)15-7-8-16(20)21(15)10-9-14(18(23)25-2)19(24)26-3/h4-8,11,14H,9-10H2,1-3H3. The molecule has 1 heterocycles. The normalized spacial score (nSPS) is 10.7. The van der Waals surface area contributed by atoms with Gasteiger partial charge in [-0.15, -0.1) is 0 Å². The van der Waals surface area contributed by atoms with Crippen molar-refractivity contribution in [2.24, 2.45) is 5.92 Å². The minimum Gasteiger partial charge on any atom is -0.468 e. The van der Waals surface area contributed by atoms with E-state index in [1.165, 1.54) is 14.2 Å². The van der Waals surface area contributed by atoms with Crippen molar-refractivity contribution in [3.8, 4) is 0 Å². The minimum absolute atomic E-state index is 0.0991. The molecule has 1 aromatic carbocycles. The smallest absolute Gasteiger partial charge is 0.320 e. The number of nitrogens with zero attached hydrogens (tertiary/aromatic N) is 1. The maximum Gasteiger partial charge on any atom is 0.320 e. The predicted molar refractivity (Wildman–Crippen MR) is 96.2 cm³/mol. The van der Waals surface area contributed by atoms with Crippen LogP contribution in [0.2, 0.25) is 5.15 Å². The van der Waals surface area contributed by atoms with Gasteiger partial charge in [-0.25, -0.2) is 0 Å². The van der Waals surface area contributed by atoms with Crippen molar-refractivity contribution >= 4 is 29.3 Å². The third kappa shape index (κ3) is 4.32. The number of methoxy groups -OCH3 is 2. The highest BCUT2D eigenvalue weighted by Gasteiger charge is 2.29. The molecule has 0 saturated heterocycles. The fraction of sp³-hybridized carbons (Fsp3) is 0.316. The molecular weight excluding hydrogens is 358 g/mol. The van der Waals surface area contributed by atoms with E-state index in [2.05, 4.69) is 9.47 Å². The second-order valence-electron chi connectivity index (χ2n) is 5.78. The zero-order valence-electron chi connectivity index (χ0n) is 14.8. The van der Waals surface area contributed by atoms with Gasteiger partial charge in [0.15, 0.2) is 5.92 Å². The zero-order chi connectivity index (χ0) is 19.3. The van der Waals surface area contributed by atoms with Crippen molar-refractivity contribution in [3.05, 3.63) is 58.4 Å². The monoisotopic (exact) mass is 377 g/mol. The third-order valence-electron chi connectivity index (χ3n) is 4.05. The summed E-state index contributed by atoms with van der Waals surface area (Å²) in [6.07, 6.45) is 0.0991. The molecule has 0 fully saturated rings. The molecule has 0 spiro atoms. The van der Waals surface area contributed by atoms with E-state index in [9.17, 15) is 14.4 Å². The summed E-state index contributed by atoms with van der Waals surface area (Å²) in [4.78, 5) is 36.4. The average molecular weight is 378 g/mol. The van der Waals surface area contributed by atoms with Crippen LogP contribution in [-0.2, 0) is 25.6 Å². The summed E-state index contributed by atoms with van der Waals surface area (Å²) in [6.45, 7) is 2.09. The Labute approximate surface area is 156 Å². The van der Waals surface area contributed by atoms with Crippen LogP contribution in [0.5, 0.6) is 0 Å². The summed E-state index contributed by atoms with van der Waals surface area (Å²) >= 11 is 6.20. The zero-order valence-corrected chi connectivity index (χ0v) is 15.6. The van der Waals surface area contributed by atoms with Crippen molar-refractivity contribution in [2.75, 3.05) is 14.2 Å². The molecule has 1 aromatic heterocycles. The van der Waals surface area contributed by atoms with E-state index in [0.717, 1.165) is 5.56 Å². The molecule has 0 aliphatic heterocycles. The summed E-state index contributed by atoms with van der Waals surface area (Å²) in [5, 5.41) is 0.342. The Morgan fingerprint density at radius 3 is 2.31 bits per heavy atom. The summed E-state index contributed by atoms with van der Waals surface area (Å²) in [5.74, 6) is -2.64. The lowest BCUT2D eigenvalue weighted by Gasteiger charge is -2.15. The first-order valence-corrected chi connectivity index (χ1v) is 8.39. The van der Waals surface area contributed by atoms with E-state index >= 15 is 0 Å². The fourth-order valence-electron chi connectivity index (χ4n) is 2.68. The molecule has 0 atom stereocenters. The highest BCUT2D eigenvalue weighted by Crippen LogP contribution is 2.21. The highest BCUT2D eigenvalue weighted by atomic mass is 35.5. The molecule has 26 heavy (non-hydrogen) atoms. The number of hydrogen-bond donors (Lipinski definition) is 0. The first-order valence-electron chi connectivity index (χ1n) is 8.01. The number of aromatic nitrogens is 1. The van der Waals surface area contributed by atoms with Gasteiger partial charge < -0.3 is 14.0 Å². The summed E-state index contributed by atoms with van der Waals surface area (Å²) in [7, 11) is 2.40. The largest absolute Gasteiger partial charge is 0.468 e. The van der Waals surface area contributed by atoms with Crippen molar-refractivity contribution in [2.45, 2.75) is 19.9 Å². The number of carbonyl (C=O) groups is 3. The quantitative estimate of drug-likeness (QED) is 0.421. The van der Waals surface area contributed by atoms with Gasteiger partial charge in [-0.05, 0) is 31.5 Å². The summed E-state index contributed by atoms with van der Waals surface area (Å²) in [6, 6.07) is 10.5. The topological polar surface area (TPSA) is 74.6 Å². The summed E-state index contributed by atoms with van der Waals surface area (Å²) in [5.41, 5.74) is 1.89. The molecule has 0 N–H and O–H groups in total. The van der Waals surface area contributed by atoms with Crippen LogP contribution < -0.4 is 0 Å². The van der Waals surface area contributed by atoms with Crippen LogP contribution in [-0.4, -0.2) is 36.5 Å². The molecule has 2 rings (SSSR count). The Balaban J connectivity index is 2.25. The van der Waals surface area contributed by atoms with Gasteiger partial charge >= 0.3 is 11.9 Å². The first-order chi connectivity index (χ1) is 12.4. The molecule has 0 amide bonds. The number of esters is 2. The van der Waals surface area contributed by atoms with Gasteiger partial charge in [0.2, 0.25) is 5.78 Å².